The molecule has 0 aromatic carbocycles. The third kappa shape index (κ3) is 2.10. The van der Waals surface area contributed by atoms with E-state index in [1.807, 2.05) is 0 Å². The van der Waals surface area contributed by atoms with Crippen LogP contribution in [0.5, 0.6) is 0 Å². The normalized spacial score (nSPS) is 47.1. The number of carbonyl (C=O) groups is 1. The maximum absolute atomic E-state index is 11.0. The summed E-state index contributed by atoms with van der Waals surface area (Å²) in [6.45, 7) is 4.06. The fourth-order valence-corrected chi connectivity index (χ4v) is 6.07. The molecule has 0 aromatic rings. The smallest absolute Gasteiger partial charge is 0.306 e. The van der Waals surface area contributed by atoms with Gasteiger partial charge in [-0.3, -0.25) is 4.79 Å². The summed E-state index contributed by atoms with van der Waals surface area (Å²) in [4.78, 5) is 11.0. The average Bonchev–Trinajstić information content (AvgIpc) is 2.25. The number of rotatable bonds is 4. The van der Waals surface area contributed by atoms with E-state index < -0.39 is 11.6 Å². The minimum atomic E-state index is -1.02. The molecule has 2 N–H and O–H groups in total. The van der Waals surface area contributed by atoms with Crippen LogP contribution in [0.3, 0.4) is 0 Å². The van der Waals surface area contributed by atoms with Gasteiger partial charge in [0.1, 0.15) is 0 Å². The largest absolute Gasteiger partial charge is 0.481 e. The lowest BCUT2D eigenvalue weighted by molar-refractivity contribution is -0.175. The van der Waals surface area contributed by atoms with E-state index in [-0.39, 0.29) is 12.3 Å². The zero-order chi connectivity index (χ0) is 13.8. The minimum Gasteiger partial charge on any atom is -0.481 e. The van der Waals surface area contributed by atoms with E-state index in [0.717, 1.165) is 5.92 Å². The number of hydrogen-bond acceptors (Lipinski definition) is 2. The highest BCUT2D eigenvalue weighted by atomic mass is 16.4. The Morgan fingerprint density at radius 2 is 1.84 bits per heavy atom. The van der Waals surface area contributed by atoms with Crippen molar-refractivity contribution in [1.29, 1.82) is 0 Å². The van der Waals surface area contributed by atoms with E-state index in [1.165, 1.54) is 38.5 Å². The molecule has 3 atom stereocenters. The molecule has 0 heterocycles. The van der Waals surface area contributed by atoms with Crippen molar-refractivity contribution in [1.82, 2.24) is 0 Å². The molecular formula is C16H26O3. The Hall–Kier alpha value is -0.570. The second kappa shape index (κ2) is 4.21. The molecule has 3 heteroatoms. The van der Waals surface area contributed by atoms with Crippen LogP contribution in [-0.2, 0) is 4.79 Å². The lowest BCUT2D eigenvalue weighted by Crippen LogP contribution is -2.57. The molecule has 0 spiro atoms. The highest BCUT2D eigenvalue weighted by Gasteiger charge is 2.58. The van der Waals surface area contributed by atoms with Crippen LogP contribution in [0, 0.1) is 29.1 Å². The zero-order valence-corrected chi connectivity index (χ0v) is 12.1. The maximum atomic E-state index is 11.0. The van der Waals surface area contributed by atoms with Gasteiger partial charge in [-0.15, -0.1) is 0 Å². The van der Waals surface area contributed by atoms with Crippen LogP contribution in [0.15, 0.2) is 0 Å². The second-order valence-electron chi connectivity index (χ2n) is 7.78. The van der Waals surface area contributed by atoms with Gasteiger partial charge >= 0.3 is 5.97 Å². The van der Waals surface area contributed by atoms with Gasteiger partial charge in [0, 0.05) is 0 Å². The Morgan fingerprint density at radius 1 is 1.26 bits per heavy atom. The molecule has 108 valence electrons. The van der Waals surface area contributed by atoms with Gasteiger partial charge in [-0.05, 0) is 68.1 Å². The lowest BCUT2D eigenvalue weighted by Gasteiger charge is -2.62. The van der Waals surface area contributed by atoms with Crippen molar-refractivity contribution in [2.75, 3.05) is 0 Å². The average molecular weight is 266 g/mol. The van der Waals surface area contributed by atoms with Gasteiger partial charge in [-0.1, -0.05) is 13.3 Å². The van der Waals surface area contributed by atoms with Crippen LogP contribution in [0.1, 0.15) is 58.8 Å². The van der Waals surface area contributed by atoms with Gasteiger partial charge in [0.25, 0.3) is 0 Å². The Bertz CT molecular complexity index is 371. The third-order valence-electron chi connectivity index (χ3n) is 6.38. The molecule has 0 aromatic heterocycles. The molecular weight excluding hydrogens is 240 g/mol. The third-order valence-corrected chi connectivity index (χ3v) is 6.38. The molecule has 19 heavy (non-hydrogen) atoms. The van der Waals surface area contributed by atoms with Gasteiger partial charge in [0.2, 0.25) is 0 Å². The highest BCUT2D eigenvalue weighted by molar-refractivity contribution is 5.68. The van der Waals surface area contributed by atoms with Gasteiger partial charge in [-0.2, -0.15) is 0 Å². The summed E-state index contributed by atoms with van der Waals surface area (Å²) < 4.78 is 0. The number of aliphatic carboxylic acids is 1. The first-order valence-electron chi connectivity index (χ1n) is 7.79. The van der Waals surface area contributed by atoms with Crippen molar-refractivity contribution in [2.45, 2.75) is 64.4 Å². The predicted octanol–water partition coefficient (Wildman–Crippen LogP) is 3.06. The van der Waals surface area contributed by atoms with Gasteiger partial charge in [0.15, 0.2) is 0 Å². The molecule has 4 saturated carbocycles. The first-order chi connectivity index (χ1) is 8.85. The molecule has 4 bridgehead atoms. The van der Waals surface area contributed by atoms with E-state index in [1.54, 1.807) is 6.92 Å². The second-order valence-corrected chi connectivity index (χ2v) is 7.78. The number of carboxylic acid groups (broad SMARTS) is 1. The topological polar surface area (TPSA) is 57.5 Å². The van der Waals surface area contributed by atoms with E-state index in [0.29, 0.717) is 17.3 Å². The van der Waals surface area contributed by atoms with Gasteiger partial charge in [0.05, 0.1) is 12.0 Å². The molecule has 3 nitrogen and oxygen atoms in total. The van der Waals surface area contributed by atoms with Crippen molar-refractivity contribution >= 4 is 5.97 Å². The summed E-state index contributed by atoms with van der Waals surface area (Å²) in [7, 11) is 0. The van der Waals surface area contributed by atoms with E-state index in [4.69, 9.17) is 5.11 Å². The molecule has 4 fully saturated rings. The summed E-state index contributed by atoms with van der Waals surface area (Å²) in [6, 6.07) is 0. The van der Waals surface area contributed by atoms with E-state index >= 15 is 0 Å². The van der Waals surface area contributed by atoms with Crippen molar-refractivity contribution in [3.8, 4) is 0 Å². The Balaban J connectivity index is 1.84. The quantitative estimate of drug-likeness (QED) is 0.822. The van der Waals surface area contributed by atoms with Crippen LogP contribution in [0.4, 0.5) is 0 Å². The predicted molar refractivity (Wildman–Crippen MR) is 72.6 cm³/mol. The summed E-state index contributed by atoms with van der Waals surface area (Å²) >= 11 is 0. The molecule has 0 radical (unpaired) electrons. The first kappa shape index (κ1) is 13.4. The standard InChI is InChI=1S/C16H26O3/c1-3-16-6-10-4-11(7-16)14(12(5-10)8-16)15(2,19)9-13(17)18/h10-12,14,19H,3-9H2,1-2H3,(H,17,18). The van der Waals surface area contributed by atoms with Crippen LogP contribution >= 0.6 is 0 Å². The number of hydrogen-bond donors (Lipinski definition) is 2. The summed E-state index contributed by atoms with van der Waals surface area (Å²) in [6.07, 6.45) is 7.41. The van der Waals surface area contributed by atoms with Crippen molar-refractivity contribution in [3.05, 3.63) is 0 Å². The summed E-state index contributed by atoms with van der Waals surface area (Å²) in [5.74, 6) is 1.29. The molecule has 0 aliphatic heterocycles. The summed E-state index contributed by atoms with van der Waals surface area (Å²) in [5.41, 5.74) is -0.504. The Kier molecular flexibility index (Phi) is 2.97. The van der Waals surface area contributed by atoms with Crippen molar-refractivity contribution in [2.24, 2.45) is 29.1 Å². The molecule has 4 rings (SSSR count). The van der Waals surface area contributed by atoms with E-state index in [9.17, 15) is 9.90 Å². The SMILES string of the molecule is CCC12CC3CC(C1)C(C(C)(O)CC(=O)O)C(C3)C2. The van der Waals surface area contributed by atoms with Crippen molar-refractivity contribution < 1.29 is 15.0 Å². The fraction of sp³-hybridized carbons (Fsp3) is 0.938. The van der Waals surface area contributed by atoms with Crippen molar-refractivity contribution in [3.63, 3.8) is 0 Å². The zero-order valence-electron chi connectivity index (χ0n) is 12.1. The fourth-order valence-electron chi connectivity index (χ4n) is 6.07. The van der Waals surface area contributed by atoms with Crippen LogP contribution in [0.2, 0.25) is 0 Å². The Labute approximate surface area is 115 Å². The number of aliphatic hydroxyl groups is 1. The first-order valence-corrected chi connectivity index (χ1v) is 7.79. The molecule has 4 aliphatic carbocycles. The molecule has 3 unspecified atom stereocenters. The molecule has 0 saturated heterocycles. The molecule has 4 aliphatic rings. The van der Waals surface area contributed by atoms with Crippen LogP contribution in [0.25, 0.3) is 0 Å². The minimum absolute atomic E-state index is 0.103. The maximum Gasteiger partial charge on any atom is 0.306 e. The van der Waals surface area contributed by atoms with Crippen LogP contribution < -0.4 is 0 Å². The summed E-state index contributed by atoms with van der Waals surface area (Å²) in [5, 5.41) is 19.7. The van der Waals surface area contributed by atoms with Crippen LogP contribution in [-0.4, -0.2) is 21.8 Å². The molecule has 0 amide bonds. The van der Waals surface area contributed by atoms with E-state index in [2.05, 4.69) is 6.92 Å². The number of carboxylic acids is 1. The van der Waals surface area contributed by atoms with Gasteiger partial charge in [-0.25, -0.2) is 0 Å². The van der Waals surface area contributed by atoms with Gasteiger partial charge < -0.3 is 10.2 Å². The lowest BCUT2D eigenvalue weighted by atomic mass is 9.43. The monoisotopic (exact) mass is 266 g/mol. The highest BCUT2D eigenvalue weighted by Crippen LogP contribution is 2.65. The Morgan fingerprint density at radius 3 is 2.32 bits per heavy atom.